The Bertz CT molecular complexity index is 1030. The van der Waals surface area contributed by atoms with Gasteiger partial charge >= 0.3 is 0 Å². The molecule has 174 valence electrons. The predicted molar refractivity (Wildman–Crippen MR) is 125 cm³/mol. The van der Waals surface area contributed by atoms with Crippen molar-refractivity contribution in [1.29, 1.82) is 0 Å². The molecule has 2 N–H and O–H groups in total. The molecule has 2 aromatic rings. The summed E-state index contributed by atoms with van der Waals surface area (Å²) >= 11 is 0. The highest BCUT2D eigenvalue weighted by atomic mass is 16.7. The van der Waals surface area contributed by atoms with Crippen molar-refractivity contribution in [2.45, 2.75) is 51.1 Å². The summed E-state index contributed by atoms with van der Waals surface area (Å²) in [5.41, 5.74) is 3.31. The van der Waals surface area contributed by atoms with E-state index in [0.717, 1.165) is 45.2 Å². The number of hydrogen-bond acceptors (Lipinski definition) is 5. The lowest BCUT2D eigenvalue weighted by Gasteiger charge is -2.36. The van der Waals surface area contributed by atoms with Crippen molar-refractivity contribution in [2.24, 2.45) is 5.92 Å². The molecular weight excluding hydrogens is 418 g/mol. The zero-order valence-corrected chi connectivity index (χ0v) is 19.0. The number of anilines is 1. The molecule has 1 aliphatic carbocycles. The minimum Gasteiger partial charge on any atom is -0.454 e. The summed E-state index contributed by atoms with van der Waals surface area (Å²) in [6, 6.07) is 13.7. The zero-order valence-electron chi connectivity index (χ0n) is 19.0. The molecular formula is C26H31N3O4. The van der Waals surface area contributed by atoms with Gasteiger partial charge in [0.15, 0.2) is 11.5 Å². The van der Waals surface area contributed by atoms with Gasteiger partial charge in [0.2, 0.25) is 18.6 Å². The maximum atomic E-state index is 13.0. The largest absolute Gasteiger partial charge is 0.454 e. The van der Waals surface area contributed by atoms with Crippen LogP contribution in [0.2, 0.25) is 0 Å². The molecule has 2 heterocycles. The summed E-state index contributed by atoms with van der Waals surface area (Å²) in [7, 11) is 0. The number of carbonyl (C=O) groups excluding carboxylic acids is 2. The Hall–Kier alpha value is -3.06. The van der Waals surface area contributed by atoms with Crippen molar-refractivity contribution in [2.75, 3.05) is 25.2 Å². The van der Waals surface area contributed by atoms with Crippen LogP contribution in [0.3, 0.4) is 0 Å². The summed E-state index contributed by atoms with van der Waals surface area (Å²) in [6.07, 6.45) is 4.64. The molecule has 5 rings (SSSR count). The number of nitrogens with zero attached hydrogens (tertiary/aromatic N) is 1. The molecule has 1 saturated heterocycles. The first-order chi connectivity index (χ1) is 16.1. The maximum absolute atomic E-state index is 13.0. The Morgan fingerprint density at radius 3 is 2.67 bits per heavy atom. The lowest BCUT2D eigenvalue weighted by atomic mass is 9.87. The van der Waals surface area contributed by atoms with Crippen molar-refractivity contribution in [3.63, 3.8) is 0 Å². The normalized spacial score (nSPS) is 21.2. The van der Waals surface area contributed by atoms with E-state index in [1.54, 1.807) is 6.07 Å². The average molecular weight is 450 g/mol. The van der Waals surface area contributed by atoms with Gasteiger partial charge in [0.1, 0.15) is 0 Å². The van der Waals surface area contributed by atoms with E-state index in [4.69, 9.17) is 9.47 Å². The molecule has 2 aliphatic heterocycles. The lowest BCUT2D eigenvalue weighted by Crippen LogP contribution is -2.50. The van der Waals surface area contributed by atoms with Crippen molar-refractivity contribution < 1.29 is 19.1 Å². The topological polar surface area (TPSA) is 79.9 Å². The van der Waals surface area contributed by atoms with Gasteiger partial charge in [0.25, 0.3) is 0 Å². The molecule has 2 aromatic carbocycles. The number of likely N-dealkylation sites (tertiary alicyclic amines) is 1. The van der Waals surface area contributed by atoms with Crippen LogP contribution in [0.25, 0.3) is 0 Å². The van der Waals surface area contributed by atoms with Crippen molar-refractivity contribution >= 4 is 17.5 Å². The van der Waals surface area contributed by atoms with E-state index >= 15 is 0 Å². The van der Waals surface area contributed by atoms with E-state index in [1.165, 1.54) is 11.1 Å². The second kappa shape index (κ2) is 9.43. The second-order valence-electron chi connectivity index (χ2n) is 9.20. The summed E-state index contributed by atoms with van der Waals surface area (Å²) < 4.78 is 10.7. The third kappa shape index (κ3) is 4.69. The van der Waals surface area contributed by atoms with Gasteiger partial charge in [-0.1, -0.05) is 24.3 Å². The van der Waals surface area contributed by atoms with E-state index in [1.807, 2.05) is 25.1 Å². The Morgan fingerprint density at radius 2 is 1.82 bits per heavy atom. The van der Waals surface area contributed by atoms with Gasteiger partial charge in [0.05, 0.1) is 12.1 Å². The molecule has 0 saturated carbocycles. The van der Waals surface area contributed by atoms with Gasteiger partial charge in [-0.2, -0.15) is 0 Å². The van der Waals surface area contributed by atoms with E-state index in [9.17, 15) is 9.59 Å². The van der Waals surface area contributed by atoms with Crippen LogP contribution in [0.5, 0.6) is 11.5 Å². The zero-order chi connectivity index (χ0) is 22.8. The standard InChI is InChI=1S/C26H31N3O4/c1-17(25(30)28-22-8-4-6-18-5-2-3-7-21(18)22)29-13-11-19(12-14-29)26(31)27-20-9-10-23-24(15-20)33-16-32-23/h2-3,5,7,9-10,15,17,19,22H,4,6,8,11-14,16H2,1H3,(H,27,31)(H,28,30)/t17-,22-/m0/s1. The van der Waals surface area contributed by atoms with Crippen LogP contribution < -0.4 is 20.1 Å². The molecule has 7 heteroatoms. The monoisotopic (exact) mass is 449 g/mol. The SMILES string of the molecule is C[C@@H](C(=O)N[C@H]1CCCc2ccccc21)N1CCC(C(=O)Nc2ccc3c(c2)OCO3)CC1. The fourth-order valence-corrected chi connectivity index (χ4v) is 5.13. The van der Waals surface area contributed by atoms with Gasteiger partial charge in [-0.15, -0.1) is 0 Å². The van der Waals surface area contributed by atoms with E-state index < -0.39 is 0 Å². The molecule has 0 aromatic heterocycles. The molecule has 0 unspecified atom stereocenters. The Labute approximate surface area is 194 Å². The third-order valence-corrected chi connectivity index (χ3v) is 7.15. The third-order valence-electron chi connectivity index (χ3n) is 7.15. The summed E-state index contributed by atoms with van der Waals surface area (Å²) in [6.45, 7) is 3.64. The fourth-order valence-electron chi connectivity index (χ4n) is 5.13. The number of fused-ring (bicyclic) bond motifs is 2. The number of amides is 2. The highest BCUT2D eigenvalue weighted by Gasteiger charge is 2.31. The van der Waals surface area contributed by atoms with E-state index in [0.29, 0.717) is 17.2 Å². The van der Waals surface area contributed by atoms with Crippen molar-refractivity contribution in [1.82, 2.24) is 10.2 Å². The number of ether oxygens (including phenoxy) is 2. The molecule has 1 fully saturated rings. The second-order valence-corrected chi connectivity index (χ2v) is 9.20. The van der Waals surface area contributed by atoms with Crippen LogP contribution >= 0.6 is 0 Å². The summed E-state index contributed by atoms with van der Waals surface area (Å²) in [5.74, 6) is 1.38. The number of hydrogen-bond donors (Lipinski definition) is 2. The number of benzene rings is 2. The highest BCUT2D eigenvalue weighted by molar-refractivity contribution is 5.93. The number of rotatable bonds is 5. The van der Waals surface area contributed by atoms with Crippen LogP contribution in [-0.4, -0.2) is 42.6 Å². The van der Waals surface area contributed by atoms with Gasteiger partial charge in [-0.3, -0.25) is 14.5 Å². The van der Waals surface area contributed by atoms with E-state index in [2.05, 4.69) is 33.7 Å². The number of carbonyl (C=O) groups is 2. The molecule has 0 bridgehead atoms. The van der Waals surface area contributed by atoms with Crippen molar-refractivity contribution in [3.8, 4) is 11.5 Å². The summed E-state index contributed by atoms with van der Waals surface area (Å²) in [5, 5.41) is 6.28. The maximum Gasteiger partial charge on any atom is 0.237 e. The molecule has 0 radical (unpaired) electrons. The molecule has 7 nitrogen and oxygen atoms in total. The molecule has 3 aliphatic rings. The molecule has 0 spiro atoms. The Kier molecular flexibility index (Phi) is 6.22. The Morgan fingerprint density at radius 1 is 1.03 bits per heavy atom. The van der Waals surface area contributed by atoms with Crippen LogP contribution in [0.15, 0.2) is 42.5 Å². The lowest BCUT2D eigenvalue weighted by molar-refractivity contribution is -0.127. The highest BCUT2D eigenvalue weighted by Crippen LogP contribution is 2.34. The summed E-state index contributed by atoms with van der Waals surface area (Å²) in [4.78, 5) is 28.0. The number of aryl methyl sites for hydroxylation is 1. The first-order valence-electron chi connectivity index (χ1n) is 11.9. The van der Waals surface area contributed by atoms with Gasteiger partial charge in [0, 0.05) is 17.7 Å². The fraction of sp³-hybridized carbons (Fsp3) is 0.462. The minimum atomic E-state index is -0.211. The van der Waals surface area contributed by atoms with Crippen LogP contribution in [0, 0.1) is 5.92 Å². The number of piperidine rings is 1. The van der Waals surface area contributed by atoms with Crippen LogP contribution in [0.4, 0.5) is 5.69 Å². The molecule has 2 atom stereocenters. The van der Waals surface area contributed by atoms with Crippen LogP contribution in [0.1, 0.15) is 49.8 Å². The average Bonchev–Trinajstić information content (AvgIpc) is 3.32. The Balaban J connectivity index is 1.12. The van der Waals surface area contributed by atoms with Crippen LogP contribution in [-0.2, 0) is 16.0 Å². The van der Waals surface area contributed by atoms with Gasteiger partial charge in [-0.05, 0) is 75.4 Å². The quantitative estimate of drug-likeness (QED) is 0.729. The van der Waals surface area contributed by atoms with Crippen molar-refractivity contribution in [3.05, 3.63) is 53.6 Å². The van der Waals surface area contributed by atoms with Gasteiger partial charge < -0.3 is 20.1 Å². The van der Waals surface area contributed by atoms with Gasteiger partial charge in [-0.25, -0.2) is 0 Å². The molecule has 2 amide bonds. The minimum absolute atomic E-state index is 0.0180. The first-order valence-corrected chi connectivity index (χ1v) is 11.9. The molecule has 33 heavy (non-hydrogen) atoms. The predicted octanol–water partition coefficient (Wildman–Crippen LogP) is 3.65. The smallest absolute Gasteiger partial charge is 0.237 e. The first kappa shape index (κ1) is 21.8. The number of nitrogens with one attached hydrogen (secondary N) is 2. The van der Waals surface area contributed by atoms with E-state index in [-0.39, 0.29) is 36.6 Å².